The van der Waals surface area contributed by atoms with Crippen molar-refractivity contribution in [2.24, 2.45) is 0 Å². The van der Waals surface area contributed by atoms with Gasteiger partial charge in [-0.3, -0.25) is 9.59 Å². The number of ether oxygens (including phenoxy) is 3. The topological polar surface area (TPSA) is 77.1 Å². The molecule has 2 aliphatic heterocycles. The quantitative estimate of drug-likeness (QED) is 0.751. The Kier molecular flexibility index (Phi) is 5.96. The zero-order chi connectivity index (χ0) is 22.1. The molecule has 0 radical (unpaired) electrons. The molecule has 31 heavy (non-hydrogen) atoms. The Hall–Kier alpha value is -2.93. The number of anilines is 1. The van der Waals surface area contributed by atoms with Gasteiger partial charge in [-0.25, -0.2) is 0 Å². The second-order valence-corrected chi connectivity index (χ2v) is 8.08. The first-order chi connectivity index (χ1) is 15.0. The van der Waals surface area contributed by atoms with Crippen molar-refractivity contribution in [2.45, 2.75) is 31.2 Å². The zero-order valence-electron chi connectivity index (χ0n) is 17.7. The molecule has 2 aromatic carbocycles. The first kappa shape index (κ1) is 21.3. The first-order valence-electron chi connectivity index (χ1n) is 10.2. The number of nitrogens with zero attached hydrogens (tertiary/aromatic N) is 1. The highest BCUT2D eigenvalue weighted by Crippen LogP contribution is 2.43. The fourth-order valence-corrected chi connectivity index (χ4v) is 4.79. The van der Waals surface area contributed by atoms with Crippen molar-refractivity contribution in [3.05, 3.63) is 46.5 Å². The van der Waals surface area contributed by atoms with Crippen LogP contribution in [0.4, 0.5) is 5.69 Å². The largest absolute Gasteiger partial charge is 0.495 e. The molecule has 1 saturated heterocycles. The van der Waals surface area contributed by atoms with Crippen molar-refractivity contribution in [3.63, 3.8) is 0 Å². The summed E-state index contributed by atoms with van der Waals surface area (Å²) < 4.78 is 16.0. The maximum atomic E-state index is 13.5. The van der Waals surface area contributed by atoms with Gasteiger partial charge in [0.1, 0.15) is 5.75 Å². The van der Waals surface area contributed by atoms with Crippen LogP contribution in [0.25, 0.3) is 0 Å². The maximum absolute atomic E-state index is 13.5. The van der Waals surface area contributed by atoms with Gasteiger partial charge in [0.2, 0.25) is 5.91 Å². The number of nitrogens with one attached hydrogen (secondary N) is 1. The van der Waals surface area contributed by atoms with Gasteiger partial charge in [-0.2, -0.15) is 0 Å². The summed E-state index contributed by atoms with van der Waals surface area (Å²) >= 11 is 6.22. The summed E-state index contributed by atoms with van der Waals surface area (Å²) in [5.74, 6) is 0.684. The van der Waals surface area contributed by atoms with Gasteiger partial charge in [-0.1, -0.05) is 11.6 Å². The van der Waals surface area contributed by atoms with Crippen molar-refractivity contribution >= 4 is 29.1 Å². The van der Waals surface area contributed by atoms with Crippen LogP contribution < -0.4 is 19.5 Å². The monoisotopic (exact) mass is 444 g/mol. The number of carbonyl (C=O) groups is 2. The molecule has 8 heteroatoms. The zero-order valence-corrected chi connectivity index (χ0v) is 18.5. The Balaban J connectivity index is 1.76. The number of methoxy groups -OCH3 is 3. The van der Waals surface area contributed by atoms with Crippen LogP contribution >= 0.6 is 11.6 Å². The molecule has 164 valence electrons. The third-order valence-corrected chi connectivity index (χ3v) is 6.31. The molecule has 2 heterocycles. The van der Waals surface area contributed by atoms with E-state index in [-0.39, 0.29) is 17.9 Å². The van der Waals surface area contributed by atoms with Gasteiger partial charge in [-0.05, 0) is 55.2 Å². The van der Waals surface area contributed by atoms with Crippen molar-refractivity contribution in [1.82, 2.24) is 4.90 Å². The molecular weight excluding hydrogens is 420 g/mol. The van der Waals surface area contributed by atoms with Gasteiger partial charge < -0.3 is 24.4 Å². The third kappa shape index (κ3) is 3.78. The highest BCUT2D eigenvalue weighted by atomic mass is 35.5. The van der Waals surface area contributed by atoms with E-state index in [1.165, 1.54) is 21.3 Å². The van der Waals surface area contributed by atoms with E-state index in [9.17, 15) is 9.59 Å². The number of amides is 2. The lowest BCUT2D eigenvalue weighted by atomic mass is 9.78. The van der Waals surface area contributed by atoms with E-state index in [0.717, 1.165) is 19.3 Å². The molecule has 2 amide bonds. The molecule has 1 N–H and O–H groups in total. The number of piperidine rings is 1. The lowest BCUT2D eigenvalue weighted by molar-refractivity contribution is -0.119. The summed E-state index contributed by atoms with van der Waals surface area (Å²) in [6.07, 6.45) is 2.66. The van der Waals surface area contributed by atoms with Crippen molar-refractivity contribution in [1.29, 1.82) is 0 Å². The van der Waals surface area contributed by atoms with Crippen LogP contribution in [-0.2, 0) is 4.79 Å². The Morgan fingerprint density at radius 1 is 1.03 bits per heavy atom. The maximum Gasteiger partial charge on any atom is 0.254 e. The van der Waals surface area contributed by atoms with E-state index in [1.54, 1.807) is 30.3 Å². The van der Waals surface area contributed by atoms with Gasteiger partial charge in [0.05, 0.1) is 32.3 Å². The predicted octanol–water partition coefficient (Wildman–Crippen LogP) is 4.10. The first-order valence-corrected chi connectivity index (χ1v) is 10.6. The highest BCUT2D eigenvalue weighted by molar-refractivity contribution is 6.32. The number of carbonyl (C=O) groups excluding carboxylic acids is 2. The third-order valence-electron chi connectivity index (χ3n) is 6.02. The van der Waals surface area contributed by atoms with Crippen LogP contribution in [0, 0.1) is 0 Å². The van der Waals surface area contributed by atoms with E-state index in [0.29, 0.717) is 45.6 Å². The van der Waals surface area contributed by atoms with Crippen molar-refractivity contribution in [3.8, 4) is 17.2 Å². The van der Waals surface area contributed by atoms with Gasteiger partial charge in [0, 0.05) is 23.8 Å². The molecule has 0 spiro atoms. The van der Waals surface area contributed by atoms with E-state index in [2.05, 4.69) is 5.32 Å². The summed E-state index contributed by atoms with van der Waals surface area (Å²) in [6, 6.07) is 8.32. The fourth-order valence-electron chi connectivity index (χ4n) is 4.54. The minimum atomic E-state index is -0.534. The summed E-state index contributed by atoms with van der Waals surface area (Å²) in [7, 11) is 4.60. The molecule has 2 aliphatic rings. The molecule has 0 unspecified atom stereocenters. The summed E-state index contributed by atoms with van der Waals surface area (Å²) in [4.78, 5) is 28.6. The average molecular weight is 445 g/mol. The fraction of sp³-hybridized carbons (Fsp3) is 0.391. The molecule has 0 saturated carbocycles. The SMILES string of the molecule is COc1ccc(NC(=O)[C@@H]2c3cc(OC)c(OC)cc3C(=O)N3CCCC[C@@H]23)cc1Cl. The van der Waals surface area contributed by atoms with E-state index in [1.807, 2.05) is 4.90 Å². The Morgan fingerprint density at radius 2 is 1.74 bits per heavy atom. The minimum absolute atomic E-state index is 0.0720. The molecule has 2 atom stereocenters. The lowest BCUT2D eigenvalue weighted by Crippen LogP contribution is -2.53. The number of hydrogen-bond donors (Lipinski definition) is 1. The summed E-state index contributed by atoms with van der Waals surface area (Å²) in [5.41, 5.74) is 1.70. The van der Waals surface area contributed by atoms with Crippen molar-refractivity contribution < 1.29 is 23.8 Å². The Morgan fingerprint density at radius 3 is 2.42 bits per heavy atom. The molecule has 0 bridgehead atoms. The molecule has 2 aromatic rings. The van der Waals surface area contributed by atoms with Gasteiger partial charge in [0.25, 0.3) is 5.91 Å². The molecule has 4 rings (SSSR count). The number of hydrogen-bond acceptors (Lipinski definition) is 5. The van der Waals surface area contributed by atoms with Gasteiger partial charge in [0.15, 0.2) is 11.5 Å². The smallest absolute Gasteiger partial charge is 0.254 e. The summed E-state index contributed by atoms with van der Waals surface area (Å²) in [5, 5.41) is 3.38. The molecular formula is C23H25ClN2O5. The van der Waals surface area contributed by atoms with E-state index in [4.69, 9.17) is 25.8 Å². The van der Waals surface area contributed by atoms with Crippen LogP contribution in [0.2, 0.25) is 5.02 Å². The summed E-state index contributed by atoms with van der Waals surface area (Å²) in [6.45, 7) is 0.634. The second kappa shape index (κ2) is 8.67. The molecule has 7 nitrogen and oxygen atoms in total. The van der Waals surface area contributed by atoms with Crippen LogP contribution in [0.5, 0.6) is 17.2 Å². The van der Waals surface area contributed by atoms with Crippen LogP contribution in [0.3, 0.4) is 0 Å². The standard InChI is InChI=1S/C23H25ClN2O5/c1-29-18-8-7-13(10-16(18)24)25-22(27)21-14-11-19(30-2)20(31-3)12-15(14)23(28)26-9-5-4-6-17(21)26/h7-8,10-12,17,21H,4-6,9H2,1-3H3,(H,25,27)/t17-,21+/m0/s1. The van der Waals surface area contributed by atoms with Crippen molar-refractivity contribution in [2.75, 3.05) is 33.2 Å². The highest BCUT2D eigenvalue weighted by Gasteiger charge is 2.45. The Labute approximate surface area is 186 Å². The molecule has 1 fully saturated rings. The van der Waals surface area contributed by atoms with Gasteiger partial charge >= 0.3 is 0 Å². The average Bonchev–Trinajstić information content (AvgIpc) is 2.78. The van der Waals surface area contributed by atoms with E-state index < -0.39 is 5.92 Å². The number of rotatable bonds is 5. The minimum Gasteiger partial charge on any atom is -0.495 e. The second-order valence-electron chi connectivity index (χ2n) is 7.67. The number of halogens is 1. The normalized spacial score (nSPS) is 19.9. The molecule has 0 aliphatic carbocycles. The molecule has 0 aromatic heterocycles. The van der Waals surface area contributed by atoms with Crippen LogP contribution in [0.15, 0.2) is 30.3 Å². The van der Waals surface area contributed by atoms with Crippen LogP contribution in [0.1, 0.15) is 41.1 Å². The lowest BCUT2D eigenvalue weighted by Gasteiger charge is -2.44. The van der Waals surface area contributed by atoms with Gasteiger partial charge in [-0.15, -0.1) is 0 Å². The van der Waals surface area contributed by atoms with E-state index >= 15 is 0 Å². The Bertz CT molecular complexity index is 1030. The number of benzene rings is 2. The predicted molar refractivity (Wildman–Crippen MR) is 118 cm³/mol. The van der Waals surface area contributed by atoms with Crippen LogP contribution in [-0.4, -0.2) is 50.6 Å². The number of fused-ring (bicyclic) bond motifs is 2.